The molecule has 1 amide bonds. The number of ketones is 1. The van der Waals surface area contributed by atoms with Gasteiger partial charge >= 0.3 is 0 Å². The predicted octanol–water partition coefficient (Wildman–Crippen LogP) is 4.13. The Balaban J connectivity index is 1.64. The van der Waals surface area contributed by atoms with E-state index in [0.29, 0.717) is 11.3 Å². The molecule has 0 aliphatic rings. The van der Waals surface area contributed by atoms with Gasteiger partial charge in [0.2, 0.25) is 5.91 Å². The normalized spacial score (nSPS) is 12.3. The number of Topliss-reactive ketones (excluding diaryl/α,β-unsaturated/α-hetero) is 1. The van der Waals surface area contributed by atoms with Crippen LogP contribution in [0.4, 0.5) is 5.69 Å². The number of amides is 1. The summed E-state index contributed by atoms with van der Waals surface area (Å²) in [6.07, 6.45) is 0. The Bertz CT molecular complexity index is 918. The number of anilines is 1. The van der Waals surface area contributed by atoms with Gasteiger partial charge in [-0.25, -0.2) is 4.98 Å². The first-order chi connectivity index (χ1) is 12.4. The summed E-state index contributed by atoms with van der Waals surface area (Å²) in [4.78, 5) is 30.4. The molecule has 0 spiro atoms. The monoisotopic (exact) mass is 367 g/mol. The number of aromatic nitrogens is 1. The van der Waals surface area contributed by atoms with E-state index in [1.807, 2.05) is 37.1 Å². The molecule has 2 aromatic carbocycles. The number of likely N-dealkylation sites (N-methyl/N-ethyl adjacent to an activating group) is 1. The first-order valence-corrected chi connectivity index (χ1v) is 9.22. The van der Waals surface area contributed by atoms with Crippen LogP contribution in [0.1, 0.15) is 35.3 Å². The van der Waals surface area contributed by atoms with Crippen LogP contribution < -0.4 is 5.32 Å². The van der Waals surface area contributed by atoms with Gasteiger partial charge in [-0.15, -0.1) is 11.3 Å². The smallest absolute Gasteiger partial charge is 0.238 e. The molecule has 1 atom stereocenters. The zero-order valence-corrected chi connectivity index (χ0v) is 15.8. The van der Waals surface area contributed by atoms with Gasteiger partial charge in [-0.05, 0) is 45.2 Å². The van der Waals surface area contributed by atoms with E-state index in [1.165, 1.54) is 6.92 Å². The highest BCUT2D eigenvalue weighted by Crippen LogP contribution is 2.28. The summed E-state index contributed by atoms with van der Waals surface area (Å²) in [6.45, 7) is 3.79. The molecule has 0 aliphatic carbocycles. The molecule has 0 aliphatic heterocycles. The van der Waals surface area contributed by atoms with Gasteiger partial charge in [-0.2, -0.15) is 0 Å². The Labute approximate surface area is 156 Å². The molecule has 3 aromatic rings. The van der Waals surface area contributed by atoms with Crippen LogP contribution in [0.25, 0.3) is 10.2 Å². The maximum Gasteiger partial charge on any atom is 0.238 e. The van der Waals surface area contributed by atoms with Crippen molar-refractivity contribution < 1.29 is 9.59 Å². The summed E-state index contributed by atoms with van der Waals surface area (Å²) >= 11 is 1.65. The van der Waals surface area contributed by atoms with Crippen LogP contribution in [0.15, 0.2) is 48.5 Å². The van der Waals surface area contributed by atoms with Crippen molar-refractivity contribution in [3.8, 4) is 0 Å². The predicted molar refractivity (Wildman–Crippen MR) is 106 cm³/mol. The van der Waals surface area contributed by atoms with Crippen LogP contribution in [-0.2, 0) is 4.79 Å². The number of carbonyl (C=O) groups is 2. The van der Waals surface area contributed by atoms with E-state index in [0.717, 1.165) is 15.2 Å². The molecule has 1 aromatic heterocycles. The topological polar surface area (TPSA) is 62.3 Å². The highest BCUT2D eigenvalue weighted by Gasteiger charge is 2.18. The van der Waals surface area contributed by atoms with Gasteiger partial charge in [0.05, 0.1) is 22.8 Å². The molecule has 0 bridgehead atoms. The van der Waals surface area contributed by atoms with Gasteiger partial charge in [-0.3, -0.25) is 14.5 Å². The van der Waals surface area contributed by atoms with Crippen molar-refractivity contribution in [2.45, 2.75) is 19.9 Å². The Morgan fingerprint density at radius 3 is 2.69 bits per heavy atom. The van der Waals surface area contributed by atoms with Crippen molar-refractivity contribution in [3.63, 3.8) is 0 Å². The fourth-order valence-electron chi connectivity index (χ4n) is 2.64. The number of benzene rings is 2. The fraction of sp³-hybridized carbons (Fsp3) is 0.250. The maximum absolute atomic E-state index is 12.4. The molecular weight excluding hydrogens is 346 g/mol. The third-order valence-electron chi connectivity index (χ3n) is 4.27. The number of carbonyl (C=O) groups excluding carboxylic acids is 2. The Hall–Kier alpha value is -2.57. The van der Waals surface area contributed by atoms with Crippen LogP contribution in [0.3, 0.4) is 0 Å². The molecule has 1 N–H and O–H groups in total. The van der Waals surface area contributed by atoms with E-state index in [9.17, 15) is 9.59 Å². The SMILES string of the molecule is CC(=O)c1cccc(NC(=O)CN(C)[C@H](C)c2nc3ccccc3s2)c1. The summed E-state index contributed by atoms with van der Waals surface area (Å²) in [5, 5.41) is 3.84. The van der Waals surface area contributed by atoms with Gasteiger partial charge in [0.15, 0.2) is 5.78 Å². The number of nitrogens with zero attached hydrogens (tertiary/aromatic N) is 2. The summed E-state index contributed by atoms with van der Waals surface area (Å²) in [5.41, 5.74) is 2.20. The molecule has 1 heterocycles. The van der Waals surface area contributed by atoms with Gasteiger partial charge in [0.1, 0.15) is 5.01 Å². The van der Waals surface area contributed by atoms with Crippen LogP contribution in [0.5, 0.6) is 0 Å². The molecule has 0 fully saturated rings. The van der Waals surface area contributed by atoms with Crippen LogP contribution in [-0.4, -0.2) is 35.2 Å². The molecular formula is C20H21N3O2S. The van der Waals surface area contributed by atoms with E-state index in [2.05, 4.69) is 16.4 Å². The lowest BCUT2D eigenvalue weighted by atomic mass is 10.1. The minimum atomic E-state index is -0.124. The van der Waals surface area contributed by atoms with E-state index in [1.54, 1.807) is 35.6 Å². The summed E-state index contributed by atoms with van der Waals surface area (Å²) in [6, 6.07) is 15.0. The van der Waals surface area contributed by atoms with E-state index >= 15 is 0 Å². The Morgan fingerprint density at radius 1 is 1.19 bits per heavy atom. The van der Waals surface area contributed by atoms with Crippen molar-refractivity contribution in [1.29, 1.82) is 0 Å². The first kappa shape index (κ1) is 18.2. The van der Waals surface area contributed by atoms with Gasteiger partial charge in [0.25, 0.3) is 0 Å². The minimum absolute atomic E-state index is 0.0253. The van der Waals surface area contributed by atoms with Crippen molar-refractivity contribution >= 4 is 38.9 Å². The lowest BCUT2D eigenvalue weighted by Gasteiger charge is -2.22. The molecule has 0 unspecified atom stereocenters. The number of thiazole rings is 1. The second-order valence-electron chi connectivity index (χ2n) is 6.30. The number of fused-ring (bicyclic) bond motifs is 1. The molecule has 0 saturated carbocycles. The second kappa shape index (κ2) is 7.76. The van der Waals surface area contributed by atoms with Crippen molar-refractivity contribution in [2.75, 3.05) is 18.9 Å². The average Bonchev–Trinajstić information content (AvgIpc) is 3.05. The standard InChI is InChI=1S/C20H21N3O2S/c1-13(20-22-17-9-4-5-10-18(17)26-20)23(3)12-19(25)21-16-8-6-7-15(11-16)14(2)24/h4-11,13H,12H2,1-3H3,(H,21,25)/t13-/m1/s1. The zero-order chi connectivity index (χ0) is 18.7. The van der Waals surface area contributed by atoms with E-state index in [-0.39, 0.29) is 24.3 Å². The molecule has 3 rings (SSSR count). The van der Waals surface area contributed by atoms with E-state index < -0.39 is 0 Å². The molecule has 0 saturated heterocycles. The van der Waals surface area contributed by atoms with Gasteiger partial charge in [0, 0.05) is 11.3 Å². The minimum Gasteiger partial charge on any atom is -0.325 e. The van der Waals surface area contributed by atoms with Crippen molar-refractivity contribution in [3.05, 3.63) is 59.1 Å². The fourth-order valence-corrected chi connectivity index (χ4v) is 3.72. The number of nitrogens with one attached hydrogen (secondary N) is 1. The number of hydrogen-bond donors (Lipinski definition) is 1. The first-order valence-electron chi connectivity index (χ1n) is 8.40. The number of para-hydroxylation sites is 1. The zero-order valence-electron chi connectivity index (χ0n) is 15.0. The van der Waals surface area contributed by atoms with Gasteiger partial charge in [-0.1, -0.05) is 24.3 Å². The van der Waals surface area contributed by atoms with Crippen LogP contribution in [0, 0.1) is 0 Å². The molecule has 6 heteroatoms. The Kier molecular flexibility index (Phi) is 5.44. The van der Waals surface area contributed by atoms with Crippen molar-refractivity contribution in [1.82, 2.24) is 9.88 Å². The summed E-state index contributed by atoms with van der Waals surface area (Å²) < 4.78 is 1.15. The Morgan fingerprint density at radius 2 is 1.96 bits per heavy atom. The third-order valence-corrected chi connectivity index (χ3v) is 5.48. The third kappa shape index (κ3) is 4.15. The highest BCUT2D eigenvalue weighted by molar-refractivity contribution is 7.18. The lowest BCUT2D eigenvalue weighted by Crippen LogP contribution is -2.32. The highest BCUT2D eigenvalue weighted by atomic mass is 32.1. The van der Waals surface area contributed by atoms with Crippen molar-refractivity contribution in [2.24, 2.45) is 0 Å². The quantitative estimate of drug-likeness (QED) is 0.666. The molecule has 0 radical (unpaired) electrons. The average molecular weight is 367 g/mol. The number of hydrogen-bond acceptors (Lipinski definition) is 5. The van der Waals surface area contributed by atoms with Crippen LogP contribution >= 0.6 is 11.3 Å². The summed E-state index contributed by atoms with van der Waals surface area (Å²) in [7, 11) is 1.91. The van der Waals surface area contributed by atoms with E-state index in [4.69, 9.17) is 0 Å². The molecule has 5 nitrogen and oxygen atoms in total. The lowest BCUT2D eigenvalue weighted by molar-refractivity contribution is -0.117. The largest absolute Gasteiger partial charge is 0.325 e. The molecule has 26 heavy (non-hydrogen) atoms. The second-order valence-corrected chi connectivity index (χ2v) is 7.36. The van der Waals surface area contributed by atoms with Crippen LogP contribution in [0.2, 0.25) is 0 Å². The maximum atomic E-state index is 12.4. The number of rotatable bonds is 6. The molecule has 134 valence electrons. The summed E-state index contributed by atoms with van der Waals surface area (Å²) in [5.74, 6) is -0.149. The van der Waals surface area contributed by atoms with Gasteiger partial charge < -0.3 is 5.32 Å².